The highest BCUT2D eigenvalue weighted by Crippen LogP contribution is 2.24. The van der Waals surface area contributed by atoms with Crippen LogP contribution < -0.4 is 10.0 Å². The van der Waals surface area contributed by atoms with Crippen molar-refractivity contribution < 1.29 is 22.7 Å². The van der Waals surface area contributed by atoms with Crippen LogP contribution in [0.1, 0.15) is 0 Å². The zero-order valence-corrected chi connectivity index (χ0v) is 16.5. The van der Waals surface area contributed by atoms with Gasteiger partial charge in [0.1, 0.15) is 6.54 Å². The predicted molar refractivity (Wildman–Crippen MR) is 100 cm³/mol. The van der Waals surface area contributed by atoms with Crippen LogP contribution in [0, 0.1) is 0 Å². The van der Waals surface area contributed by atoms with E-state index in [1.165, 1.54) is 24.4 Å². The quantitative estimate of drug-likeness (QED) is 0.493. The fourth-order valence-electron chi connectivity index (χ4n) is 1.74. The molecule has 27 heavy (non-hydrogen) atoms. The van der Waals surface area contributed by atoms with E-state index in [0.29, 0.717) is 0 Å². The number of carbonyl (C=O) groups excluding carboxylic acids is 2. The number of sulfonamides is 1. The largest absolute Gasteiger partial charge is 0.455 e. The van der Waals surface area contributed by atoms with Crippen LogP contribution in [-0.4, -0.2) is 38.4 Å². The van der Waals surface area contributed by atoms with Crippen LogP contribution in [0.3, 0.4) is 0 Å². The lowest BCUT2D eigenvalue weighted by Gasteiger charge is -2.09. The van der Waals surface area contributed by atoms with Gasteiger partial charge in [0.2, 0.25) is 10.0 Å². The molecule has 0 aliphatic rings. The van der Waals surface area contributed by atoms with E-state index in [4.69, 9.17) is 39.5 Å². The molecule has 0 aliphatic carbocycles. The minimum absolute atomic E-state index is 0.0489. The van der Waals surface area contributed by atoms with Crippen molar-refractivity contribution in [1.29, 1.82) is 0 Å². The number of pyridine rings is 1. The number of anilines is 1. The summed E-state index contributed by atoms with van der Waals surface area (Å²) in [6, 6.07) is 6.76. The number of hydrogen-bond acceptors (Lipinski definition) is 6. The Morgan fingerprint density at radius 2 is 1.85 bits per heavy atom. The zero-order chi connectivity index (χ0) is 20.0. The Morgan fingerprint density at radius 1 is 1.11 bits per heavy atom. The number of aromatic nitrogens is 1. The maximum absolute atomic E-state index is 12.1. The topological polar surface area (TPSA) is 114 Å². The Hall–Kier alpha value is -1.91. The zero-order valence-electron chi connectivity index (χ0n) is 13.4. The summed E-state index contributed by atoms with van der Waals surface area (Å²) in [5.41, 5.74) is 0.250. The monoisotopic (exact) mass is 451 g/mol. The molecule has 2 rings (SSSR count). The number of esters is 1. The third kappa shape index (κ3) is 6.33. The SMILES string of the molecule is O=C(COC(=O)CNS(=O)(=O)c1ccc(Cl)c(Cl)c1)Nc1cccnc1Cl. The molecule has 0 aliphatic heterocycles. The minimum atomic E-state index is -4.01. The van der Waals surface area contributed by atoms with Crippen LogP contribution in [0.4, 0.5) is 5.69 Å². The molecule has 0 radical (unpaired) electrons. The molecule has 12 heteroatoms. The maximum Gasteiger partial charge on any atom is 0.321 e. The Bertz CT molecular complexity index is 969. The molecule has 1 aromatic heterocycles. The van der Waals surface area contributed by atoms with Gasteiger partial charge in [0, 0.05) is 6.20 Å². The normalized spacial score (nSPS) is 11.1. The second-order valence-electron chi connectivity index (χ2n) is 4.95. The van der Waals surface area contributed by atoms with Crippen molar-refractivity contribution in [2.75, 3.05) is 18.5 Å². The van der Waals surface area contributed by atoms with Crippen LogP contribution in [0.25, 0.3) is 0 Å². The third-order valence-electron chi connectivity index (χ3n) is 3.01. The van der Waals surface area contributed by atoms with Crippen molar-refractivity contribution in [2.24, 2.45) is 0 Å². The molecule has 0 bridgehead atoms. The minimum Gasteiger partial charge on any atom is -0.455 e. The molecule has 8 nitrogen and oxygen atoms in total. The fourth-order valence-corrected chi connectivity index (χ4v) is 3.27. The number of rotatable bonds is 7. The first-order chi connectivity index (χ1) is 12.7. The summed E-state index contributed by atoms with van der Waals surface area (Å²) in [5.74, 6) is -1.61. The summed E-state index contributed by atoms with van der Waals surface area (Å²) in [4.78, 5) is 27.0. The highest BCUT2D eigenvalue weighted by atomic mass is 35.5. The van der Waals surface area contributed by atoms with Gasteiger partial charge in [-0.1, -0.05) is 34.8 Å². The van der Waals surface area contributed by atoms with Crippen molar-refractivity contribution in [3.8, 4) is 0 Å². The molecule has 0 spiro atoms. The van der Waals surface area contributed by atoms with Crippen molar-refractivity contribution in [3.63, 3.8) is 0 Å². The van der Waals surface area contributed by atoms with E-state index >= 15 is 0 Å². The van der Waals surface area contributed by atoms with E-state index < -0.39 is 35.1 Å². The first-order valence-corrected chi connectivity index (χ1v) is 9.81. The number of nitrogens with zero attached hydrogens (tertiary/aromatic N) is 1. The lowest BCUT2D eigenvalue weighted by molar-refractivity contribution is -0.146. The second kappa shape index (κ2) is 9.34. The summed E-state index contributed by atoms with van der Waals surface area (Å²) in [6.07, 6.45) is 1.44. The van der Waals surface area contributed by atoms with E-state index in [0.717, 1.165) is 6.07 Å². The van der Waals surface area contributed by atoms with Gasteiger partial charge in [-0.05, 0) is 30.3 Å². The molecule has 0 fully saturated rings. The van der Waals surface area contributed by atoms with Crippen LogP contribution in [0.2, 0.25) is 15.2 Å². The second-order valence-corrected chi connectivity index (χ2v) is 7.89. The van der Waals surface area contributed by atoms with Gasteiger partial charge >= 0.3 is 5.97 Å². The van der Waals surface area contributed by atoms with Crippen LogP contribution in [0.5, 0.6) is 0 Å². The van der Waals surface area contributed by atoms with Crippen LogP contribution >= 0.6 is 34.8 Å². The average molecular weight is 453 g/mol. The Morgan fingerprint density at radius 3 is 2.52 bits per heavy atom. The fraction of sp³-hybridized carbons (Fsp3) is 0.133. The molecule has 1 heterocycles. The summed E-state index contributed by atoms with van der Waals surface area (Å²) in [7, 11) is -4.01. The van der Waals surface area contributed by atoms with Crippen LogP contribution in [0.15, 0.2) is 41.4 Å². The maximum atomic E-state index is 12.1. The van der Waals surface area contributed by atoms with Crippen molar-refractivity contribution in [2.45, 2.75) is 4.90 Å². The number of hydrogen-bond donors (Lipinski definition) is 2. The number of amides is 1. The van der Waals surface area contributed by atoms with Gasteiger partial charge in [-0.25, -0.2) is 13.4 Å². The molecule has 0 saturated carbocycles. The molecule has 2 N–H and O–H groups in total. The molecule has 0 unspecified atom stereocenters. The average Bonchev–Trinajstić information content (AvgIpc) is 2.62. The highest BCUT2D eigenvalue weighted by molar-refractivity contribution is 7.89. The molecule has 0 saturated heterocycles. The van der Waals surface area contributed by atoms with Gasteiger partial charge in [0.25, 0.3) is 5.91 Å². The number of carbonyl (C=O) groups is 2. The molecule has 0 atom stereocenters. The summed E-state index contributed by atoms with van der Waals surface area (Å²) in [6.45, 7) is -1.30. The van der Waals surface area contributed by atoms with Crippen molar-refractivity contribution >= 4 is 62.4 Å². The third-order valence-corrected chi connectivity index (χ3v) is 5.44. The number of benzene rings is 1. The lowest BCUT2D eigenvalue weighted by Crippen LogP contribution is -2.32. The van der Waals surface area contributed by atoms with Gasteiger partial charge < -0.3 is 10.1 Å². The molecule has 1 amide bonds. The standard InChI is InChI=1S/C15H12Cl3N3O5S/c16-10-4-3-9(6-11(10)17)27(24,25)20-7-14(23)26-8-13(22)21-12-2-1-5-19-15(12)18/h1-6,20H,7-8H2,(H,21,22). The predicted octanol–water partition coefficient (Wildman–Crippen LogP) is 2.50. The number of ether oxygens (including phenoxy) is 1. The summed E-state index contributed by atoms with van der Waals surface area (Å²) < 4.78 is 30.9. The molecular weight excluding hydrogens is 441 g/mol. The van der Waals surface area contributed by atoms with E-state index in [2.05, 4.69) is 10.3 Å². The summed E-state index contributed by atoms with van der Waals surface area (Å²) in [5, 5.41) is 2.71. The number of nitrogens with one attached hydrogen (secondary N) is 2. The molecular formula is C15H12Cl3N3O5S. The number of halogens is 3. The lowest BCUT2D eigenvalue weighted by atomic mass is 10.4. The van der Waals surface area contributed by atoms with Gasteiger partial charge in [-0.15, -0.1) is 0 Å². The van der Waals surface area contributed by atoms with E-state index in [9.17, 15) is 18.0 Å². The van der Waals surface area contributed by atoms with Crippen molar-refractivity contribution in [3.05, 3.63) is 51.7 Å². The van der Waals surface area contributed by atoms with Gasteiger partial charge in [0.15, 0.2) is 11.8 Å². The summed E-state index contributed by atoms with van der Waals surface area (Å²) >= 11 is 17.3. The van der Waals surface area contributed by atoms with Crippen molar-refractivity contribution in [1.82, 2.24) is 9.71 Å². The molecule has 1 aromatic carbocycles. The van der Waals surface area contributed by atoms with Crippen LogP contribution in [-0.2, 0) is 24.3 Å². The van der Waals surface area contributed by atoms with E-state index in [1.54, 1.807) is 6.07 Å². The molecule has 144 valence electrons. The van der Waals surface area contributed by atoms with Gasteiger partial charge in [-0.3, -0.25) is 9.59 Å². The smallest absolute Gasteiger partial charge is 0.321 e. The highest BCUT2D eigenvalue weighted by Gasteiger charge is 2.18. The first kappa shape index (κ1) is 21.4. The Labute approximate surface area is 169 Å². The van der Waals surface area contributed by atoms with E-state index in [1.807, 2.05) is 4.72 Å². The Kier molecular flexibility index (Phi) is 7.40. The van der Waals surface area contributed by atoms with Gasteiger partial charge in [-0.2, -0.15) is 4.72 Å². The van der Waals surface area contributed by atoms with Gasteiger partial charge in [0.05, 0.1) is 20.6 Å². The molecule has 2 aromatic rings. The first-order valence-electron chi connectivity index (χ1n) is 7.20. The van der Waals surface area contributed by atoms with E-state index in [-0.39, 0.29) is 25.8 Å². The Balaban J connectivity index is 1.84.